The zero-order chi connectivity index (χ0) is 18.7. The fraction of sp³-hybridized carbons (Fsp3) is 0.389. The highest BCUT2D eigenvalue weighted by Gasteiger charge is 2.17. The minimum absolute atomic E-state index is 0.0425. The fourth-order valence-electron chi connectivity index (χ4n) is 2.73. The van der Waals surface area contributed by atoms with Gasteiger partial charge in [0.25, 0.3) is 5.56 Å². The number of nitrogens with zero attached hydrogens (tertiary/aromatic N) is 2. The summed E-state index contributed by atoms with van der Waals surface area (Å²) in [7, 11) is 0. The van der Waals surface area contributed by atoms with E-state index in [-0.39, 0.29) is 24.1 Å². The molecule has 0 saturated carbocycles. The number of hydrogen-bond acceptors (Lipinski definition) is 5. The molecule has 3 aromatic rings. The Morgan fingerprint density at radius 1 is 1.19 bits per heavy atom. The van der Waals surface area contributed by atoms with Crippen molar-refractivity contribution in [1.29, 1.82) is 0 Å². The first-order valence-corrected chi connectivity index (χ1v) is 10.3. The highest BCUT2D eigenvalue weighted by Crippen LogP contribution is 2.15. The average Bonchev–Trinajstić information content (AvgIpc) is 3.30. The summed E-state index contributed by atoms with van der Waals surface area (Å²) in [4.78, 5) is 39.0. The van der Waals surface area contributed by atoms with E-state index in [9.17, 15) is 14.4 Å². The van der Waals surface area contributed by atoms with Crippen LogP contribution in [0.5, 0.6) is 0 Å². The molecule has 3 aromatic heterocycles. The van der Waals surface area contributed by atoms with Crippen molar-refractivity contribution < 1.29 is 4.79 Å². The van der Waals surface area contributed by atoms with Crippen LogP contribution in [0.25, 0.3) is 10.2 Å². The number of hydrogen-bond donors (Lipinski definition) is 1. The summed E-state index contributed by atoms with van der Waals surface area (Å²) in [5.74, 6) is -0.225. The third-order valence-electron chi connectivity index (χ3n) is 4.32. The molecule has 8 heteroatoms. The Bertz CT molecular complexity index is 1010. The number of thiophene rings is 2. The van der Waals surface area contributed by atoms with Crippen molar-refractivity contribution in [3.8, 4) is 0 Å². The molecule has 3 heterocycles. The summed E-state index contributed by atoms with van der Waals surface area (Å²) in [6, 6.07) is 5.70. The molecule has 0 aliphatic rings. The zero-order valence-electron chi connectivity index (χ0n) is 14.7. The van der Waals surface area contributed by atoms with Gasteiger partial charge >= 0.3 is 5.69 Å². The van der Waals surface area contributed by atoms with Crippen LogP contribution in [0.15, 0.2) is 38.5 Å². The second-order valence-corrected chi connectivity index (χ2v) is 8.12. The Labute approximate surface area is 158 Å². The van der Waals surface area contributed by atoms with Gasteiger partial charge in [-0.25, -0.2) is 4.79 Å². The number of carbonyl (C=O) groups excluding carboxylic acids is 1. The molecule has 3 rings (SSSR count). The van der Waals surface area contributed by atoms with Crippen molar-refractivity contribution in [2.24, 2.45) is 0 Å². The third kappa shape index (κ3) is 3.81. The molecule has 0 aliphatic carbocycles. The topological polar surface area (TPSA) is 73.1 Å². The van der Waals surface area contributed by atoms with E-state index in [1.807, 2.05) is 31.4 Å². The molecule has 1 N–H and O–H groups in total. The molecule has 0 aromatic carbocycles. The Morgan fingerprint density at radius 3 is 2.69 bits per heavy atom. The summed E-state index contributed by atoms with van der Waals surface area (Å²) >= 11 is 2.90. The second-order valence-electron chi connectivity index (χ2n) is 6.17. The Hall–Kier alpha value is -2.19. The van der Waals surface area contributed by atoms with Gasteiger partial charge in [0, 0.05) is 17.5 Å². The van der Waals surface area contributed by atoms with Crippen molar-refractivity contribution in [2.75, 3.05) is 0 Å². The number of rotatable bonds is 7. The van der Waals surface area contributed by atoms with Gasteiger partial charge in [-0.15, -0.1) is 22.7 Å². The molecule has 0 fully saturated rings. The number of fused-ring (bicyclic) bond motifs is 1. The van der Waals surface area contributed by atoms with E-state index < -0.39 is 5.69 Å². The smallest absolute Gasteiger partial charge is 0.332 e. The van der Waals surface area contributed by atoms with E-state index in [4.69, 9.17) is 0 Å². The van der Waals surface area contributed by atoms with E-state index >= 15 is 0 Å². The lowest BCUT2D eigenvalue weighted by molar-refractivity contribution is -0.122. The molecule has 0 bridgehead atoms. The van der Waals surface area contributed by atoms with E-state index in [1.165, 1.54) is 20.5 Å². The normalized spacial score (nSPS) is 12.4. The van der Waals surface area contributed by atoms with E-state index in [0.717, 1.165) is 11.3 Å². The Balaban J connectivity index is 1.96. The first-order chi connectivity index (χ1) is 12.5. The molecule has 0 radical (unpaired) electrons. The third-order valence-corrected chi connectivity index (χ3v) is 6.15. The highest BCUT2D eigenvalue weighted by atomic mass is 32.1. The molecule has 0 unspecified atom stereocenters. The average molecular weight is 392 g/mol. The maximum atomic E-state index is 12.9. The van der Waals surface area contributed by atoms with E-state index in [0.29, 0.717) is 23.2 Å². The van der Waals surface area contributed by atoms with Gasteiger partial charge in [-0.1, -0.05) is 13.0 Å². The lowest BCUT2D eigenvalue weighted by atomic mass is 10.2. The molecule has 0 saturated heterocycles. The van der Waals surface area contributed by atoms with Gasteiger partial charge in [-0.2, -0.15) is 0 Å². The van der Waals surface area contributed by atoms with Crippen LogP contribution in [-0.2, 0) is 24.3 Å². The van der Waals surface area contributed by atoms with Crippen LogP contribution in [0.3, 0.4) is 0 Å². The maximum absolute atomic E-state index is 12.9. The van der Waals surface area contributed by atoms with Crippen LogP contribution < -0.4 is 16.6 Å². The molecule has 138 valence electrons. The molecule has 1 atom stereocenters. The summed E-state index contributed by atoms with van der Waals surface area (Å²) in [5, 5.41) is 6.62. The molecule has 0 spiro atoms. The molecule has 26 heavy (non-hydrogen) atoms. The van der Waals surface area contributed by atoms with Gasteiger partial charge in [0.2, 0.25) is 5.91 Å². The SMILES string of the molecule is CC[C@H](C)NC(=O)Cn1c(=O)n(CCc2cccs2)c(=O)c2sccc21. The molecular weight excluding hydrogens is 370 g/mol. The van der Waals surface area contributed by atoms with Crippen LogP contribution in [0.2, 0.25) is 0 Å². The number of aromatic nitrogens is 2. The monoisotopic (exact) mass is 391 g/mol. The van der Waals surface area contributed by atoms with Crippen molar-refractivity contribution in [1.82, 2.24) is 14.5 Å². The van der Waals surface area contributed by atoms with Gasteiger partial charge in [0.1, 0.15) is 11.2 Å². The quantitative estimate of drug-likeness (QED) is 0.672. The van der Waals surface area contributed by atoms with Crippen LogP contribution in [0.1, 0.15) is 25.1 Å². The summed E-state index contributed by atoms with van der Waals surface area (Å²) in [6.07, 6.45) is 1.43. The fourth-order valence-corrected chi connectivity index (χ4v) is 4.27. The van der Waals surface area contributed by atoms with Crippen LogP contribution in [0, 0.1) is 0 Å². The first-order valence-electron chi connectivity index (χ1n) is 8.53. The Morgan fingerprint density at radius 2 is 2.00 bits per heavy atom. The van der Waals surface area contributed by atoms with E-state index in [2.05, 4.69) is 5.32 Å². The molecular formula is C18H21N3O3S2. The molecule has 0 aliphatic heterocycles. The van der Waals surface area contributed by atoms with Crippen molar-refractivity contribution in [2.45, 2.75) is 45.8 Å². The van der Waals surface area contributed by atoms with Gasteiger partial charge in [0.05, 0.1) is 5.52 Å². The number of amides is 1. The summed E-state index contributed by atoms with van der Waals surface area (Å²) in [6.45, 7) is 4.12. The van der Waals surface area contributed by atoms with Crippen LogP contribution in [0.4, 0.5) is 0 Å². The lowest BCUT2D eigenvalue weighted by Gasteiger charge is -2.14. The second kappa shape index (κ2) is 8.01. The standard InChI is InChI=1S/C18H21N3O3S2/c1-3-12(2)19-15(22)11-21-14-7-10-26-16(14)17(23)20(18(21)24)8-6-13-5-4-9-25-13/h4-5,7,9-10,12H,3,6,8,11H2,1-2H3,(H,19,22)/t12-/m0/s1. The minimum Gasteiger partial charge on any atom is -0.352 e. The number of carbonyl (C=O) groups is 1. The minimum atomic E-state index is -0.434. The van der Waals surface area contributed by atoms with Gasteiger partial charge < -0.3 is 5.32 Å². The van der Waals surface area contributed by atoms with E-state index in [1.54, 1.807) is 22.8 Å². The maximum Gasteiger partial charge on any atom is 0.332 e. The predicted octanol–water partition coefficient (Wildman–Crippen LogP) is 2.44. The summed E-state index contributed by atoms with van der Waals surface area (Å²) < 4.78 is 3.15. The highest BCUT2D eigenvalue weighted by molar-refractivity contribution is 7.17. The van der Waals surface area contributed by atoms with Crippen molar-refractivity contribution in [3.63, 3.8) is 0 Å². The zero-order valence-corrected chi connectivity index (χ0v) is 16.4. The number of aryl methyl sites for hydroxylation is 1. The van der Waals surface area contributed by atoms with Crippen LogP contribution in [-0.4, -0.2) is 21.1 Å². The lowest BCUT2D eigenvalue weighted by Crippen LogP contribution is -2.43. The van der Waals surface area contributed by atoms with Crippen LogP contribution >= 0.6 is 22.7 Å². The van der Waals surface area contributed by atoms with Gasteiger partial charge in [0.15, 0.2) is 0 Å². The van der Waals surface area contributed by atoms with Crippen molar-refractivity contribution >= 4 is 38.8 Å². The van der Waals surface area contributed by atoms with Gasteiger partial charge in [-0.3, -0.25) is 18.7 Å². The first kappa shape index (κ1) is 18.6. The molecule has 6 nitrogen and oxygen atoms in total. The predicted molar refractivity (Wildman–Crippen MR) is 106 cm³/mol. The van der Waals surface area contributed by atoms with Gasteiger partial charge in [-0.05, 0) is 42.7 Å². The molecule has 1 amide bonds. The number of nitrogens with one attached hydrogen (secondary N) is 1. The largest absolute Gasteiger partial charge is 0.352 e. The summed E-state index contributed by atoms with van der Waals surface area (Å²) in [5.41, 5.74) is -0.191. The van der Waals surface area contributed by atoms with Crippen molar-refractivity contribution in [3.05, 3.63) is 54.7 Å². The Kier molecular flexibility index (Phi) is 5.73.